The lowest BCUT2D eigenvalue weighted by Gasteiger charge is -2.13. The number of hydrogen-bond donors (Lipinski definition) is 2. The van der Waals surface area contributed by atoms with E-state index in [-0.39, 0.29) is 25.1 Å². The molecule has 2 aliphatic heterocycles. The number of aromatic nitrogens is 4. The minimum atomic E-state index is 0.100. The van der Waals surface area contributed by atoms with Crippen LogP contribution in [0.3, 0.4) is 0 Å². The lowest BCUT2D eigenvalue weighted by Crippen LogP contribution is -1.91. The summed E-state index contributed by atoms with van der Waals surface area (Å²) in [6.07, 6.45) is 7.74. The van der Waals surface area contributed by atoms with Crippen LogP contribution in [0, 0.1) is 0 Å². The molecule has 0 saturated carbocycles. The van der Waals surface area contributed by atoms with Crippen molar-refractivity contribution in [2.24, 2.45) is 0 Å². The molecule has 2 N–H and O–H groups in total. The second-order valence-electron chi connectivity index (χ2n) is 8.00. The third-order valence-electron chi connectivity index (χ3n) is 5.68. The van der Waals surface area contributed by atoms with Crippen LogP contribution < -0.4 is 0 Å². The van der Waals surface area contributed by atoms with E-state index in [1.807, 2.05) is 66.8 Å². The van der Waals surface area contributed by atoms with Gasteiger partial charge in [-0.1, -0.05) is 58.0 Å². The van der Waals surface area contributed by atoms with Crippen LogP contribution in [0.1, 0.15) is 22.8 Å². The Bertz CT molecular complexity index is 1730. The van der Waals surface area contributed by atoms with Crippen molar-refractivity contribution in [3.63, 3.8) is 0 Å². The van der Waals surface area contributed by atoms with Crippen molar-refractivity contribution < 1.29 is 0 Å². The molecule has 35 heavy (non-hydrogen) atoms. The summed E-state index contributed by atoms with van der Waals surface area (Å²) < 4.78 is 0. The van der Waals surface area contributed by atoms with E-state index in [1.165, 1.54) is 0 Å². The van der Waals surface area contributed by atoms with Crippen molar-refractivity contribution in [1.82, 2.24) is 19.9 Å². The van der Waals surface area contributed by atoms with Crippen molar-refractivity contribution in [3.05, 3.63) is 90.4 Å². The van der Waals surface area contributed by atoms with Crippen LogP contribution in [0.25, 0.3) is 57.5 Å². The summed E-state index contributed by atoms with van der Waals surface area (Å²) in [5.74, 6) is 0. The van der Waals surface area contributed by atoms with Crippen LogP contribution >= 0.6 is 58.0 Å². The Morgan fingerprint density at radius 1 is 0.486 bits per heavy atom. The molecule has 5 heterocycles. The first-order valence-corrected chi connectivity index (χ1v) is 12.4. The molecule has 0 unspecified atom stereocenters. The minimum absolute atomic E-state index is 0.100. The molecule has 0 atom stereocenters. The van der Waals surface area contributed by atoms with Gasteiger partial charge >= 0.3 is 0 Å². The molecule has 2 aliphatic rings. The lowest BCUT2D eigenvalue weighted by molar-refractivity contribution is 1.31. The Hall–Kier alpha value is -2.73. The summed E-state index contributed by atoms with van der Waals surface area (Å²) >= 11 is 32.5. The molecule has 6 rings (SSSR count). The number of benzene rings is 1. The number of nitrogens with one attached hydrogen (secondary N) is 2. The largest absolute Gasteiger partial charge is 0.355 e. The third-order valence-corrected chi connectivity index (χ3v) is 7.96. The smallest absolute Gasteiger partial charge is 0.0809 e. The fourth-order valence-electron chi connectivity index (χ4n) is 4.10. The van der Waals surface area contributed by atoms with E-state index in [9.17, 15) is 0 Å². The number of H-pyrrole nitrogens is 2. The predicted molar refractivity (Wildman–Crippen MR) is 149 cm³/mol. The molecule has 0 radical (unpaired) electrons. The molecule has 0 saturated heterocycles. The Morgan fingerprint density at radius 2 is 0.971 bits per heavy atom. The number of nitrogens with zero attached hydrogens (tertiary/aromatic N) is 2. The minimum Gasteiger partial charge on any atom is -0.355 e. The van der Waals surface area contributed by atoms with Crippen molar-refractivity contribution in [1.29, 1.82) is 0 Å². The van der Waals surface area contributed by atoms with Gasteiger partial charge < -0.3 is 9.97 Å². The van der Waals surface area contributed by atoms with Gasteiger partial charge in [-0.25, -0.2) is 9.97 Å². The lowest BCUT2D eigenvalue weighted by atomic mass is 10.0. The molecule has 3 aromatic heterocycles. The number of hydrogen-bond acceptors (Lipinski definition) is 2. The van der Waals surface area contributed by atoms with E-state index < -0.39 is 0 Å². The van der Waals surface area contributed by atoms with Crippen molar-refractivity contribution in [3.8, 4) is 11.1 Å². The zero-order chi connectivity index (χ0) is 24.3. The summed E-state index contributed by atoms with van der Waals surface area (Å²) in [4.78, 5) is 16.3. The monoisotopic (exact) mass is 556 g/mol. The van der Waals surface area contributed by atoms with Crippen LogP contribution in [-0.4, -0.2) is 19.9 Å². The first kappa shape index (κ1) is 22.7. The summed E-state index contributed by atoms with van der Waals surface area (Å²) in [5, 5.41) is 0.728. The van der Waals surface area contributed by atoms with Crippen LogP contribution in [-0.2, 0) is 0 Å². The number of halogens is 5. The average molecular weight is 559 g/mol. The Balaban J connectivity index is 1.77. The SMILES string of the molecule is Clc1c(Cl)c(Cl)c(-c2c3nc(cc4ccc(cc5nc(cc6ccc2[nH]6)C=C5)[nH]4)C=C3)c(Cl)c1Cl. The van der Waals surface area contributed by atoms with Gasteiger partial charge in [0.2, 0.25) is 0 Å². The van der Waals surface area contributed by atoms with Gasteiger partial charge in [0.25, 0.3) is 0 Å². The molecule has 0 fully saturated rings. The van der Waals surface area contributed by atoms with Crippen molar-refractivity contribution in [2.75, 3.05) is 0 Å². The molecular weight excluding hydrogens is 546 g/mol. The second kappa shape index (κ2) is 8.74. The van der Waals surface area contributed by atoms with Crippen molar-refractivity contribution in [2.45, 2.75) is 0 Å². The molecule has 4 nitrogen and oxygen atoms in total. The maximum Gasteiger partial charge on any atom is 0.0809 e. The topological polar surface area (TPSA) is 57.4 Å². The predicted octanol–water partition coefficient (Wildman–Crippen LogP) is 9.59. The van der Waals surface area contributed by atoms with Crippen molar-refractivity contribution >= 4 is 104 Å². The fourth-order valence-corrected chi connectivity index (χ4v) is 5.42. The number of fused-ring (bicyclic) bond motifs is 8. The maximum absolute atomic E-state index is 6.68. The fraction of sp³-hybridized carbons (Fsp3) is 0. The standard InChI is InChI=1S/C26H13Cl5N4/c27-22-21(23(28)25(30)26(31)24(22)29)20-18-7-5-16(34-18)10-14-3-1-12(32-14)9-13-2-4-15(33-13)11-17-6-8-19(20)35-17/h1-11,32,35H. The Morgan fingerprint density at radius 3 is 1.60 bits per heavy atom. The normalized spacial score (nSPS) is 12.5. The van der Waals surface area contributed by atoms with Gasteiger partial charge in [0, 0.05) is 33.2 Å². The molecule has 0 amide bonds. The van der Waals surface area contributed by atoms with E-state index in [0.717, 1.165) is 39.1 Å². The summed E-state index contributed by atoms with van der Waals surface area (Å²) in [6, 6.07) is 13.8. The highest BCUT2D eigenvalue weighted by atomic mass is 35.5. The van der Waals surface area contributed by atoms with Crippen LogP contribution in [0.5, 0.6) is 0 Å². The molecular formula is C26H13Cl5N4. The molecule has 8 bridgehead atoms. The zero-order valence-corrected chi connectivity index (χ0v) is 21.4. The van der Waals surface area contributed by atoms with E-state index in [4.69, 9.17) is 63.0 Å². The van der Waals surface area contributed by atoms with E-state index >= 15 is 0 Å². The first-order chi connectivity index (χ1) is 16.9. The summed E-state index contributed by atoms with van der Waals surface area (Å²) in [6.45, 7) is 0. The molecule has 172 valence electrons. The number of rotatable bonds is 1. The average Bonchev–Trinajstić information content (AvgIpc) is 3.64. The number of aromatic amines is 2. The first-order valence-electron chi connectivity index (χ1n) is 10.5. The highest BCUT2D eigenvalue weighted by Gasteiger charge is 2.24. The Labute approximate surface area is 224 Å². The van der Waals surface area contributed by atoms with Gasteiger partial charge in [-0.3, -0.25) is 0 Å². The molecule has 4 aromatic rings. The van der Waals surface area contributed by atoms with Crippen LogP contribution in [0.4, 0.5) is 0 Å². The van der Waals surface area contributed by atoms with E-state index in [2.05, 4.69) is 15.0 Å². The quantitative estimate of drug-likeness (QED) is 0.156. The highest BCUT2D eigenvalue weighted by Crippen LogP contribution is 2.49. The van der Waals surface area contributed by atoms with Gasteiger partial charge in [-0.15, -0.1) is 0 Å². The van der Waals surface area contributed by atoms with Crippen LogP contribution in [0.15, 0.2) is 42.5 Å². The van der Waals surface area contributed by atoms with Gasteiger partial charge in [-0.05, 0) is 66.8 Å². The molecule has 0 aliphatic carbocycles. The van der Waals surface area contributed by atoms with E-state index in [1.54, 1.807) is 0 Å². The van der Waals surface area contributed by atoms with Crippen LogP contribution in [0.2, 0.25) is 25.1 Å². The van der Waals surface area contributed by atoms with Gasteiger partial charge in [0.1, 0.15) is 0 Å². The second-order valence-corrected chi connectivity index (χ2v) is 9.89. The van der Waals surface area contributed by atoms with Gasteiger partial charge in [0.05, 0.1) is 47.9 Å². The highest BCUT2D eigenvalue weighted by molar-refractivity contribution is 6.56. The third kappa shape index (κ3) is 4.06. The summed E-state index contributed by atoms with van der Waals surface area (Å²) in [7, 11) is 0. The Kier molecular flexibility index (Phi) is 5.67. The molecule has 9 heteroatoms. The molecule has 0 spiro atoms. The molecule has 1 aromatic carbocycles. The van der Waals surface area contributed by atoms with Gasteiger partial charge in [-0.2, -0.15) is 0 Å². The zero-order valence-electron chi connectivity index (χ0n) is 17.6. The van der Waals surface area contributed by atoms with E-state index in [0.29, 0.717) is 16.8 Å². The maximum atomic E-state index is 6.68. The summed E-state index contributed by atoms with van der Waals surface area (Å²) in [5.41, 5.74) is 7.57. The van der Waals surface area contributed by atoms with Gasteiger partial charge in [0.15, 0.2) is 0 Å².